The molecule has 1 aromatic carbocycles. The number of nitrogens with zero attached hydrogens (tertiary/aromatic N) is 3. The summed E-state index contributed by atoms with van der Waals surface area (Å²) in [6.07, 6.45) is 3.71. The molecule has 0 fully saturated rings. The number of aromatic nitrogens is 3. The Kier molecular flexibility index (Phi) is 5.56. The van der Waals surface area contributed by atoms with Gasteiger partial charge in [-0.15, -0.1) is 0 Å². The molecule has 0 aliphatic rings. The SMILES string of the molecule is CC(CCn1cc(-c2ccc3nc(N)sc3c2)cn1)(CS(=O)[O-])C(=O)NO. The van der Waals surface area contributed by atoms with Gasteiger partial charge in [-0.1, -0.05) is 28.5 Å². The standard InChI is InChI=1S/C16H19N5O4S2/c1-16(9-27(24)25,14(22)20-23)4-5-21-8-11(7-18-21)10-2-3-12-13(6-10)26-15(17)19-12/h2-3,6-8,23H,4-5,9H2,1H3,(H2,17,19)(H,20,22)(H,24,25)/p-1. The van der Waals surface area contributed by atoms with Crippen molar-refractivity contribution in [3.8, 4) is 11.1 Å². The number of amides is 1. The first-order valence-electron chi connectivity index (χ1n) is 8.00. The number of anilines is 1. The normalized spacial score (nSPS) is 14.8. The molecule has 3 aromatic rings. The molecule has 11 heteroatoms. The summed E-state index contributed by atoms with van der Waals surface area (Å²) in [6.45, 7) is 1.80. The van der Waals surface area contributed by atoms with Crippen molar-refractivity contribution < 1.29 is 18.8 Å². The number of rotatable bonds is 7. The number of fused-ring (bicyclic) bond motifs is 1. The fourth-order valence-electron chi connectivity index (χ4n) is 2.76. The summed E-state index contributed by atoms with van der Waals surface area (Å²) in [6, 6.07) is 5.79. The molecule has 1 amide bonds. The van der Waals surface area contributed by atoms with Crippen molar-refractivity contribution in [1.29, 1.82) is 0 Å². The lowest BCUT2D eigenvalue weighted by molar-refractivity contribution is -0.138. The van der Waals surface area contributed by atoms with Gasteiger partial charge in [0.15, 0.2) is 5.13 Å². The third kappa shape index (κ3) is 4.33. The third-order valence-corrected chi connectivity index (χ3v) is 6.07. The van der Waals surface area contributed by atoms with E-state index in [0.29, 0.717) is 11.7 Å². The van der Waals surface area contributed by atoms with Crippen LogP contribution < -0.4 is 11.2 Å². The lowest BCUT2D eigenvalue weighted by atomic mass is 9.88. The van der Waals surface area contributed by atoms with Crippen molar-refractivity contribution in [2.75, 3.05) is 11.5 Å². The van der Waals surface area contributed by atoms with Crippen molar-refractivity contribution in [3.63, 3.8) is 0 Å². The number of thiazole rings is 1. The van der Waals surface area contributed by atoms with Gasteiger partial charge in [-0.3, -0.25) is 18.9 Å². The molecule has 0 saturated carbocycles. The number of nitrogens with two attached hydrogens (primary N) is 1. The number of carbonyl (C=O) groups is 1. The Balaban J connectivity index is 1.76. The molecule has 2 atom stereocenters. The number of hydrogen-bond donors (Lipinski definition) is 3. The van der Waals surface area contributed by atoms with Crippen LogP contribution >= 0.6 is 11.3 Å². The van der Waals surface area contributed by atoms with Crippen LogP contribution in [-0.4, -0.2) is 40.4 Å². The van der Waals surface area contributed by atoms with Crippen molar-refractivity contribution in [3.05, 3.63) is 30.6 Å². The molecule has 0 spiro atoms. The highest BCUT2D eigenvalue weighted by Crippen LogP contribution is 2.29. The molecule has 0 bridgehead atoms. The zero-order chi connectivity index (χ0) is 19.6. The average molecular weight is 408 g/mol. The van der Waals surface area contributed by atoms with E-state index in [1.807, 2.05) is 24.4 Å². The highest BCUT2D eigenvalue weighted by molar-refractivity contribution is 7.79. The maximum Gasteiger partial charge on any atom is 0.250 e. The van der Waals surface area contributed by atoms with Crippen LogP contribution in [0.25, 0.3) is 21.3 Å². The number of carbonyl (C=O) groups excluding carboxylic acids is 1. The van der Waals surface area contributed by atoms with Gasteiger partial charge in [-0.05, 0) is 31.0 Å². The van der Waals surface area contributed by atoms with E-state index in [-0.39, 0.29) is 6.42 Å². The molecule has 144 valence electrons. The minimum absolute atomic E-state index is 0.193. The Morgan fingerprint density at radius 1 is 1.48 bits per heavy atom. The first-order valence-corrected chi connectivity index (χ1v) is 10.1. The van der Waals surface area contributed by atoms with E-state index in [1.54, 1.807) is 16.4 Å². The van der Waals surface area contributed by atoms with Crippen molar-refractivity contribution >= 4 is 43.7 Å². The molecule has 3 rings (SSSR count). The van der Waals surface area contributed by atoms with E-state index >= 15 is 0 Å². The van der Waals surface area contributed by atoms with E-state index in [4.69, 9.17) is 10.9 Å². The molecule has 9 nitrogen and oxygen atoms in total. The molecule has 0 aliphatic carbocycles. The average Bonchev–Trinajstić information content (AvgIpc) is 3.23. The minimum Gasteiger partial charge on any atom is -0.772 e. The monoisotopic (exact) mass is 408 g/mol. The summed E-state index contributed by atoms with van der Waals surface area (Å²) in [5.74, 6) is -1.14. The fraction of sp³-hybridized carbons (Fsp3) is 0.312. The van der Waals surface area contributed by atoms with E-state index in [1.165, 1.54) is 18.3 Å². The topological polar surface area (TPSA) is 146 Å². The number of nitrogens with one attached hydrogen (secondary N) is 1. The zero-order valence-electron chi connectivity index (χ0n) is 14.4. The molecule has 27 heavy (non-hydrogen) atoms. The van der Waals surface area contributed by atoms with Gasteiger partial charge < -0.3 is 10.3 Å². The predicted molar refractivity (Wildman–Crippen MR) is 102 cm³/mol. The second-order valence-corrected chi connectivity index (χ2v) is 8.38. The molecule has 0 saturated heterocycles. The van der Waals surface area contributed by atoms with Crippen LogP contribution in [0.4, 0.5) is 5.13 Å². The van der Waals surface area contributed by atoms with Crippen LogP contribution in [0.1, 0.15) is 13.3 Å². The summed E-state index contributed by atoms with van der Waals surface area (Å²) >= 11 is -1.01. The summed E-state index contributed by atoms with van der Waals surface area (Å²) < 4.78 is 24.7. The number of benzene rings is 1. The van der Waals surface area contributed by atoms with Crippen LogP contribution in [0.15, 0.2) is 30.6 Å². The van der Waals surface area contributed by atoms with E-state index < -0.39 is 28.2 Å². The zero-order valence-corrected chi connectivity index (χ0v) is 16.0. The molecule has 4 N–H and O–H groups in total. The van der Waals surface area contributed by atoms with Crippen molar-refractivity contribution in [1.82, 2.24) is 20.2 Å². The summed E-state index contributed by atoms with van der Waals surface area (Å²) in [7, 11) is 0. The van der Waals surface area contributed by atoms with Crippen LogP contribution in [0.2, 0.25) is 0 Å². The van der Waals surface area contributed by atoms with Crippen LogP contribution in [0, 0.1) is 5.41 Å². The number of hydroxylamine groups is 1. The van der Waals surface area contributed by atoms with Crippen LogP contribution in [0.3, 0.4) is 0 Å². The molecular formula is C16H18N5O4S2-. The molecule has 2 aromatic heterocycles. The van der Waals surface area contributed by atoms with Crippen molar-refractivity contribution in [2.45, 2.75) is 19.9 Å². The molecule has 2 unspecified atom stereocenters. The largest absolute Gasteiger partial charge is 0.772 e. The Morgan fingerprint density at radius 2 is 2.26 bits per heavy atom. The van der Waals surface area contributed by atoms with E-state index in [0.717, 1.165) is 21.3 Å². The highest BCUT2D eigenvalue weighted by Gasteiger charge is 2.33. The smallest absolute Gasteiger partial charge is 0.250 e. The van der Waals surface area contributed by atoms with E-state index in [2.05, 4.69) is 10.1 Å². The van der Waals surface area contributed by atoms with Crippen molar-refractivity contribution in [2.24, 2.45) is 5.41 Å². The fourth-order valence-corrected chi connectivity index (χ4v) is 4.33. The van der Waals surface area contributed by atoms with Crippen LogP contribution in [0.5, 0.6) is 0 Å². The Bertz CT molecular complexity index is 1000. The molecule has 0 radical (unpaired) electrons. The lowest BCUT2D eigenvalue weighted by Crippen LogP contribution is -2.42. The van der Waals surface area contributed by atoms with Gasteiger partial charge in [0.1, 0.15) is 0 Å². The quantitative estimate of drug-likeness (QED) is 0.305. The second-order valence-electron chi connectivity index (χ2n) is 6.43. The van der Waals surface area contributed by atoms with Gasteiger partial charge in [0.05, 0.1) is 21.8 Å². The first-order chi connectivity index (χ1) is 12.8. The van der Waals surface area contributed by atoms with Gasteiger partial charge in [-0.25, -0.2) is 10.5 Å². The maximum absolute atomic E-state index is 11.9. The number of nitrogen functional groups attached to an aromatic ring is 1. The summed E-state index contributed by atoms with van der Waals surface area (Å²) in [4.78, 5) is 16.1. The van der Waals surface area contributed by atoms with Crippen LogP contribution in [-0.2, 0) is 22.4 Å². The minimum atomic E-state index is -2.42. The third-order valence-electron chi connectivity index (χ3n) is 4.35. The Morgan fingerprint density at radius 3 is 2.96 bits per heavy atom. The number of aryl methyl sites for hydroxylation is 1. The molecular weight excluding hydrogens is 390 g/mol. The lowest BCUT2D eigenvalue weighted by Gasteiger charge is -2.27. The van der Waals surface area contributed by atoms with Gasteiger partial charge >= 0.3 is 0 Å². The maximum atomic E-state index is 11.9. The molecule has 0 aliphatic heterocycles. The molecule has 2 heterocycles. The van der Waals surface area contributed by atoms with Gasteiger partial charge in [-0.2, -0.15) is 5.10 Å². The highest BCUT2D eigenvalue weighted by atomic mass is 32.2. The number of hydrogen-bond acceptors (Lipinski definition) is 8. The Labute approximate surface area is 161 Å². The van der Waals surface area contributed by atoms with Gasteiger partial charge in [0.2, 0.25) is 5.91 Å². The second kappa shape index (κ2) is 7.72. The first kappa shape index (κ1) is 19.4. The van der Waals surface area contributed by atoms with Gasteiger partial charge in [0, 0.05) is 24.1 Å². The van der Waals surface area contributed by atoms with Gasteiger partial charge in [0.25, 0.3) is 0 Å². The predicted octanol–water partition coefficient (Wildman–Crippen LogP) is 1.52. The summed E-state index contributed by atoms with van der Waals surface area (Å²) in [5.41, 5.74) is 8.68. The summed E-state index contributed by atoms with van der Waals surface area (Å²) in [5, 5.41) is 13.7. The van der Waals surface area contributed by atoms with E-state index in [9.17, 15) is 13.6 Å². The Hall–Kier alpha value is -2.34.